The topological polar surface area (TPSA) is 55.8 Å². The monoisotopic (exact) mass is 290 g/mol. The molecule has 0 bridgehead atoms. The van der Waals surface area contributed by atoms with Crippen LogP contribution in [0.3, 0.4) is 0 Å². The van der Waals surface area contributed by atoms with Gasteiger partial charge in [-0.05, 0) is 29.8 Å². The molecule has 0 saturated heterocycles. The molecule has 0 heterocycles. The number of carbonyl (C=O) groups is 1. The van der Waals surface area contributed by atoms with Gasteiger partial charge in [0.25, 0.3) is 0 Å². The number of hydrogen-bond acceptors (Lipinski definition) is 3. The largest absolute Gasteiger partial charge is 0.497 e. The average molecular weight is 290 g/mol. The highest BCUT2D eigenvalue weighted by molar-refractivity contribution is 5.76. The quantitative estimate of drug-likeness (QED) is 0.888. The molecular weight excluding hydrogens is 275 g/mol. The van der Waals surface area contributed by atoms with Crippen molar-refractivity contribution in [3.8, 4) is 11.5 Å². The summed E-state index contributed by atoms with van der Waals surface area (Å²) < 4.78 is 23.4. The van der Waals surface area contributed by atoms with Crippen LogP contribution in [-0.4, -0.2) is 24.8 Å². The van der Waals surface area contributed by atoms with Crippen LogP contribution in [0.15, 0.2) is 48.5 Å². The van der Waals surface area contributed by atoms with E-state index in [1.165, 1.54) is 25.3 Å². The van der Waals surface area contributed by atoms with E-state index in [2.05, 4.69) is 0 Å². The number of ether oxygens (including phenoxy) is 2. The van der Waals surface area contributed by atoms with E-state index in [9.17, 15) is 14.3 Å². The molecule has 0 fully saturated rings. The Morgan fingerprint density at radius 2 is 1.90 bits per heavy atom. The van der Waals surface area contributed by atoms with E-state index in [1.54, 1.807) is 30.3 Å². The minimum atomic E-state index is -1.00. The molecule has 4 nitrogen and oxygen atoms in total. The van der Waals surface area contributed by atoms with Gasteiger partial charge in [0.05, 0.1) is 7.11 Å². The predicted octanol–water partition coefficient (Wildman–Crippen LogP) is 3.08. The van der Waals surface area contributed by atoms with E-state index >= 15 is 0 Å². The van der Waals surface area contributed by atoms with Crippen molar-refractivity contribution in [1.29, 1.82) is 0 Å². The molecular formula is C16H15FO4. The maximum absolute atomic E-state index is 13.0. The molecule has 110 valence electrons. The second-order valence-corrected chi connectivity index (χ2v) is 4.43. The Bertz CT molecular complexity index is 610. The first-order chi connectivity index (χ1) is 10.1. The van der Waals surface area contributed by atoms with Crippen molar-refractivity contribution in [2.75, 3.05) is 13.7 Å². The first-order valence-corrected chi connectivity index (χ1v) is 6.35. The van der Waals surface area contributed by atoms with Crippen molar-refractivity contribution in [3.05, 3.63) is 59.9 Å². The Kier molecular flexibility index (Phi) is 4.77. The van der Waals surface area contributed by atoms with Gasteiger partial charge in [-0.15, -0.1) is 0 Å². The van der Waals surface area contributed by atoms with Crippen molar-refractivity contribution in [1.82, 2.24) is 0 Å². The summed E-state index contributed by atoms with van der Waals surface area (Å²) in [7, 11) is 1.54. The zero-order valence-corrected chi connectivity index (χ0v) is 11.5. The van der Waals surface area contributed by atoms with E-state index in [0.29, 0.717) is 17.1 Å². The average Bonchev–Trinajstić information content (AvgIpc) is 2.48. The van der Waals surface area contributed by atoms with Crippen LogP contribution in [0.25, 0.3) is 0 Å². The van der Waals surface area contributed by atoms with Gasteiger partial charge in [0.2, 0.25) is 0 Å². The molecule has 21 heavy (non-hydrogen) atoms. The number of rotatable bonds is 6. The fraction of sp³-hybridized carbons (Fsp3) is 0.188. The number of halogens is 1. The van der Waals surface area contributed by atoms with E-state index in [0.717, 1.165) is 0 Å². The summed E-state index contributed by atoms with van der Waals surface area (Å²) in [6.07, 6.45) is 0. The molecule has 0 spiro atoms. The zero-order valence-electron chi connectivity index (χ0n) is 11.5. The van der Waals surface area contributed by atoms with Crippen molar-refractivity contribution in [3.63, 3.8) is 0 Å². The normalized spacial score (nSPS) is 11.7. The third kappa shape index (κ3) is 3.95. The van der Waals surface area contributed by atoms with Crippen molar-refractivity contribution < 1.29 is 23.8 Å². The molecule has 2 aromatic carbocycles. The summed E-state index contributed by atoms with van der Waals surface area (Å²) in [5.74, 6) is -1.32. The number of aliphatic carboxylic acids is 1. The first kappa shape index (κ1) is 14.8. The molecule has 0 aliphatic rings. The third-order valence-electron chi connectivity index (χ3n) is 3.03. The number of benzene rings is 2. The Balaban J connectivity index is 2.10. The lowest BCUT2D eigenvalue weighted by Gasteiger charge is -2.14. The van der Waals surface area contributed by atoms with Crippen LogP contribution in [0.1, 0.15) is 11.5 Å². The zero-order chi connectivity index (χ0) is 15.2. The minimum Gasteiger partial charge on any atom is -0.497 e. The van der Waals surface area contributed by atoms with Crippen LogP contribution in [0.5, 0.6) is 11.5 Å². The Hall–Kier alpha value is -2.56. The van der Waals surface area contributed by atoms with Crippen LogP contribution >= 0.6 is 0 Å². The van der Waals surface area contributed by atoms with Gasteiger partial charge in [-0.3, -0.25) is 4.79 Å². The standard InChI is InChI=1S/C16H15FO4/c1-20-13-7-5-11(6-8-13)15(16(18)19)10-21-14-4-2-3-12(17)9-14/h2-9,15H,10H2,1H3,(H,18,19). The molecule has 0 aliphatic carbocycles. The fourth-order valence-electron chi connectivity index (χ4n) is 1.88. The van der Waals surface area contributed by atoms with Gasteiger partial charge in [-0.25, -0.2) is 4.39 Å². The minimum absolute atomic E-state index is 0.0783. The number of methoxy groups -OCH3 is 1. The van der Waals surface area contributed by atoms with Gasteiger partial charge in [-0.1, -0.05) is 18.2 Å². The molecule has 0 amide bonds. The number of hydrogen-bond donors (Lipinski definition) is 1. The molecule has 0 radical (unpaired) electrons. The first-order valence-electron chi connectivity index (χ1n) is 6.35. The summed E-state index contributed by atoms with van der Waals surface area (Å²) in [6, 6.07) is 12.3. The lowest BCUT2D eigenvalue weighted by Crippen LogP contribution is -2.19. The third-order valence-corrected chi connectivity index (χ3v) is 3.03. The second-order valence-electron chi connectivity index (χ2n) is 4.43. The molecule has 0 aromatic heterocycles. The smallest absolute Gasteiger partial charge is 0.314 e. The summed E-state index contributed by atoms with van der Waals surface area (Å²) >= 11 is 0. The van der Waals surface area contributed by atoms with Crippen LogP contribution < -0.4 is 9.47 Å². The molecule has 1 N–H and O–H groups in total. The van der Waals surface area contributed by atoms with Crippen LogP contribution in [0.4, 0.5) is 4.39 Å². The van der Waals surface area contributed by atoms with Gasteiger partial charge in [0, 0.05) is 6.07 Å². The fourth-order valence-corrected chi connectivity index (χ4v) is 1.88. The van der Waals surface area contributed by atoms with E-state index in [1.807, 2.05) is 0 Å². The Morgan fingerprint density at radius 1 is 1.19 bits per heavy atom. The van der Waals surface area contributed by atoms with E-state index in [4.69, 9.17) is 9.47 Å². The number of carboxylic acids is 1. The lowest BCUT2D eigenvalue weighted by atomic mass is 10.0. The van der Waals surface area contributed by atoms with Gasteiger partial charge in [0.1, 0.15) is 29.8 Å². The summed E-state index contributed by atoms with van der Waals surface area (Å²) in [6.45, 7) is -0.0783. The van der Waals surface area contributed by atoms with Gasteiger partial charge in [-0.2, -0.15) is 0 Å². The summed E-state index contributed by atoms with van der Waals surface area (Å²) in [5.41, 5.74) is 0.597. The van der Waals surface area contributed by atoms with Gasteiger partial charge >= 0.3 is 5.97 Å². The van der Waals surface area contributed by atoms with Gasteiger partial charge < -0.3 is 14.6 Å². The van der Waals surface area contributed by atoms with Crippen LogP contribution in [-0.2, 0) is 4.79 Å². The molecule has 2 rings (SSSR count). The Labute approximate surface area is 121 Å². The highest BCUT2D eigenvalue weighted by Gasteiger charge is 2.21. The molecule has 1 unspecified atom stereocenters. The highest BCUT2D eigenvalue weighted by Crippen LogP contribution is 2.22. The maximum Gasteiger partial charge on any atom is 0.314 e. The summed E-state index contributed by atoms with van der Waals surface area (Å²) in [5, 5.41) is 9.30. The molecule has 2 aromatic rings. The molecule has 5 heteroatoms. The Morgan fingerprint density at radius 3 is 2.48 bits per heavy atom. The lowest BCUT2D eigenvalue weighted by molar-refractivity contribution is -0.139. The van der Waals surface area contributed by atoms with Gasteiger partial charge in [0.15, 0.2) is 0 Å². The van der Waals surface area contributed by atoms with Crippen molar-refractivity contribution >= 4 is 5.97 Å². The van der Waals surface area contributed by atoms with Crippen molar-refractivity contribution in [2.24, 2.45) is 0 Å². The van der Waals surface area contributed by atoms with Crippen LogP contribution in [0, 0.1) is 5.82 Å². The molecule has 0 aliphatic heterocycles. The van der Waals surface area contributed by atoms with E-state index < -0.39 is 17.7 Å². The second kappa shape index (κ2) is 6.74. The SMILES string of the molecule is COc1ccc(C(COc2cccc(F)c2)C(=O)O)cc1. The van der Waals surface area contributed by atoms with Crippen LogP contribution in [0.2, 0.25) is 0 Å². The predicted molar refractivity (Wildman–Crippen MR) is 75.3 cm³/mol. The number of carboxylic acid groups (broad SMARTS) is 1. The molecule has 1 atom stereocenters. The van der Waals surface area contributed by atoms with Crippen molar-refractivity contribution in [2.45, 2.75) is 5.92 Å². The highest BCUT2D eigenvalue weighted by atomic mass is 19.1. The molecule has 0 saturated carbocycles. The maximum atomic E-state index is 13.0. The summed E-state index contributed by atoms with van der Waals surface area (Å²) in [4.78, 5) is 11.4. The van der Waals surface area contributed by atoms with E-state index in [-0.39, 0.29) is 6.61 Å².